The molecule has 5 heteroatoms. The predicted octanol–water partition coefficient (Wildman–Crippen LogP) is 2.72. The quantitative estimate of drug-likeness (QED) is 0.843. The maximum absolute atomic E-state index is 12.7. The normalized spacial score (nSPS) is 19.3. The van der Waals surface area contributed by atoms with E-state index in [1.807, 2.05) is 9.80 Å². The highest BCUT2D eigenvalue weighted by atomic mass is 16.2. The van der Waals surface area contributed by atoms with Gasteiger partial charge in [-0.25, -0.2) is 0 Å². The topological polar surface area (TPSA) is 53.5 Å². The van der Waals surface area contributed by atoms with E-state index in [0.717, 1.165) is 51.9 Å². The van der Waals surface area contributed by atoms with Gasteiger partial charge in [0.15, 0.2) is 0 Å². The molecule has 0 saturated carbocycles. The lowest BCUT2D eigenvalue weighted by Gasteiger charge is -2.26. The van der Waals surface area contributed by atoms with Gasteiger partial charge in [0.25, 0.3) is 11.8 Å². The fourth-order valence-electron chi connectivity index (χ4n) is 3.40. The smallest absolute Gasteiger partial charge is 0.272 e. The van der Waals surface area contributed by atoms with E-state index >= 15 is 0 Å². The molecular formula is C18H25N3O2. The maximum atomic E-state index is 12.7. The first kappa shape index (κ1) is 16.0. The molecule has 0 bridgehead atoms. The lowest BCUT2D eigenvalue weighted by atomic mass is 10.1. The zero-order valence-electron chi connectivity index (χ0n) is 13.7. The SMILES string of the molecule is O=C(c1ccnc(C(=O)N2CCCCC2)c1)N1CCCCCC1. The Labute approximate surface area is 137 Å². The van der Waals surface area contributed by atoms with Crippen LogP contribution in [0.2, 0.25) is 0 Å². The van der Waals surface area contributed by atoms with Crippen LogP contribution in [0.1, 0.15) is 65.8 Å². The molecule has 1 aromatic rings. The summed E-state index contributed by atoms with van der Waals surface area (Å²) >= 11 is 0. The third kappa shape index (κ3) is 3.89. The summed E-state index contributed by atoms with van der Waals surface area (Å²) in [4.78, 5) is 33.2. The Morgan fingerprint density at radius 1 is 0.783 bits per heavy atom. The van der Waals surface area contributed by atoms with E-state index in [1.165, 1.54) is 19.3 Å². The minimum atomic E-state index is -0.0461. The molecule has 0 spiro atoms. The standard InChI is InChI=1S/C18H25N3O2/c22-17(20-10-4-1-2-5-11-20)15-8-9-19-16(14-15)18(23)21-12-6-3-7-13-21/h8-9,14H,1-7,10-13H2. The van der Waals surface area contributed by atoms with Crippen molar-refractivity contribution in [3.8, 4) is 0 Å². The van der Waals surface area contributed by atoms with Crippen LogP contribution in [-0.4, -0.2) is 52.8 Å². The Kier molecular flexibility index (Phi) is 5.26. The van der Waals surface area contributed by atoms with E-state index < -0.39 is 0 Å². The number of hydrogen-bond acceptors (Lipinski definition) is 3. The van der Waals surface area contributed by atoms with Gasteiger partial charge >= 0.3 is 0 Å². The molecule has 5 nitrogen and oxygen atoms in total. The van der Waals surface area contributed by atoms with Gasteiger partial charge in [0.05, 0.1) is 0 Å². The second-order valence-corrected chi connectivity index (χ2v) is 6.49. The zero-order chi connectivity index (χ0) is 16.1. The molecule has 124 valence electrons. The van der Waals surface area contributed by atoms with Crippen LogP contribution in [0.4, 0.5) is 0 Å². The Morgan fingerprint density at radius 3 is 1.91 bits per heavy atom. The van der Waals surface area contributed by atoms with Crippen molar-refractivity contribution in [1.82, 2.24) is 14.8 Å². The summed E-state index contributed by atoms with van der Waals surface area (Å²) in [5, 5.41) is 0. The van der Waals surface area contributed by atoms with Gasteiger partial charge in [0.1, 0.15) is 5.69 Å². The number of piperidine rings is 1. The molecule has 3 heterocycles. The number of rotatable bonds is 2. The maximum Gasteiger partial charge on any atom is 0.272 e. The molecule has 0 aliphatic carbocycles. The van der Waals surface area contributed by atoms with Crippen LogP contribution in [0, 0.1) is 0 Å². The molecule has 2 aliphatic heterocycles. The molecule has 2 fully saturated rings. The highest BCUT2D eigenvalue weighted by Gasteiger charge is 2.22. The van der Waals surface area contributed by atoms with Gasteiger partial charge in [-0.15, -0.1) is 0 Å². The molecule has 2 amide bonds. The Hall–Kier alpha value is -1.91. The van der Waals surface area contributed by atoms with E-state index in [2.05, 4.69) is 4.98 Å². The van der Waals surface area contributed by atoms with Crippen LogP contribution in [0.3, 0.4) is 0 Å². The van der Waals surface area contributed by atoms with Gasteiger partial charge in [-0.05, 0) is 44.2 Å². The number of carbonyl (C=O) groups excluding carboxylic acids is 2. The molecule has 0 atom stereocenters. The number of hydrogen-bond donors (Lipinski definition) is 0. The van der Waals surface area contributed by atoms with Crippen LogP contribution >= 0.6 is 0 Å². The van der Waals surface area contributed by atoms with E-state index in [9.17, 15) is 9.59 Å². The number of carbonyl (C=O) groups is 2. The second kappa shape index (κ2) is 7.57. The summed E-state index contributed by atoms with van der Waals surface area (Å²) in [7, 11) is 0. The third-order valence-electron chi connectivity index (χ3n) is 4.76. The van der Waals surface area contributed by atoms with Crippen molar-refractivity contribution < 1.29 is 9.59 Å². The zero-order valence-corrected chi connectivity index (χ0v) is 13.7. The molecule has 2 saturated heterocycles. The largest absolute Gasteiger partial charge is 0.339 e. The Morgan fingerprint density at radius 2 is 1.30 bits per heavy atom. The van der Waals surface area contributed by atoms with Gasteiger partial charge in [-0.3, -0.25) is 14.6 Å². The Bertz CT molecular complexity index is 559. The average Bonchev–Trinajstić information content (AvgIpc) is 2.91. The first-order valence-electron chi connectivity index (χ1n) is 8.80. The molecule has 0 unspecified atom stereocenters. The number of likely N-dealkylation sites (tertiary alicyclic amines) is 2. The summed E-state index contributed by atoms with van der Waals surface area (Å²) in [6.07, 6.45) is 9.40. The van der Waals surface area contributed by atoms with Gasteiger partial charge < -0.3 is 9.80 Å². The highest BCUT2D eigenvalue weighted by molar-refractivity contribution is 5.98. The van der Waals surface area contributed by atoms with E-state index in [4.69, 9.17) is 0 Å². The summed E-state index contributed by atoms with van der Waals surface area (Å²) < 4.78 is 0. The van der Waals surface area contributed by atoms with E-state index in [0.29, 0.717) is 11.3 Å². The second-order valence-electron chi connectivity index (χ2n) is 6.49. The molecule has 0 N–H and O–H groups in total. The fraction of sp³-hybridized carbons (Fsp3) is 0.611. The minimum absolute atomic E-state index is 0.0296. The lowest BCUT2D eigenvalue weighted by Crippen LogP contribution is -2.36. The number of nitrogens with zero attached hydrogens (tertiary/aromatic N) is 3. The summed E-state index contributed by atoms with van der Waals surface area (Å²) in [6.45, 7) is 3.22. The minimum Gasteiger partial charge on any atom is -0.339 e. The number of aromatic nitrogens is 1. The average molecular weight is 315 g/mol. The van der Waals surface area contributed by atoms with Crippen molar-refractivity contribution in [1.29, 1.82) is 0 Å². The summed E-state index contributed by atoms with van der Waals surface area (Å²) in [5.41, 5.74) is 0.981. The van der Waals surface area contributed by atoms with Gasteiger partial charge in [0, 0.05) is 37.9 Å². The van der Waals surface area contributed by atoms with Crippen LogP contribution in [0.5, 0.6) is 0 Å². The Balaban J connectivity index is 1.73. The third-order valence-corrected chi connectivity index (χ3v) is 4.76. The molecule has 3 rings (SSSR count). The van der Waals surface area contributed by atoms with Crippen molar-refractivity contribution in [2.45, 2.75) is 44.9 Å². The predicted molar refractivity (Wildman–Crippen MR) is 88.4 cm³/mol. The monoisotopic (exact) mass is 315 g/mol. The molecule has 23 heavy (non-hydrogen) atoms. The highest BCUT2D eigenvalue weighted by Crippen LogP contribution is 2.16. The fourth-order valence-corrected chi connectivity index (χ4v) is 3.40. The van der Waals surface area contributed by atoms with Crippen LogP contribution in [-0.2, 0) is 0 Å². The van der Waals surface area contributed by atoms with Crippen molar-refractivity contribution >= 4 is 11.8 Å². The van der Waals surface area contributed by atoms with Crippen molar-refractivity contribution in [3.05, 3.63) is 29.6 Å². The van der Waals surface area contributed by atoms with Gasteiger partial charge in [0.2, 0.25) is 0 Å². The number of pyridine rings is 1. The van der Waals surface area contributed by atoms with Crippen LogP contribution in [0.15, 0.2) is 18.3 Å². The number of amides is 2. The van der Waals surface area contributed by atoms with Gasteiger partial charge in [-0.1, -0.05) is 12.8 Å². The first-order chi connectivity index (χ1) is 11.3. The molecular weight excluding hydrogens is 290 g/mol. The van der Waals surface area contributed by atoms with Gasteiger partial charge in [-0.2, -0.15) is 0 Å². The van der Waals surface area contributed by atoms with Crippen molar-refractivity contribution in [3.63, 3.8) is 0 Å². The van der Waals surface area contributed by atoms with E-state index in [-0.39, 0.29) is 11.8 Å². The molecule has 1 aromatic heterocycles. The van der Waals surface area contributed by atoms with E-state index in [1.54, 1.807) is 18.3 Å². The molecule has 2 aliphatic rings. The summed E-state index contributed by atoms with van der Waals surface area (Å²) in [6, 6.07) is 3.39. The van der Waals surface area contributed by atoms with Crippen molar-refractivity contribution in [2.75, 3.05) is 26.2 Å². The molecule has 0 radical (unpaired) electrons. The van der Waals surface area contributed by atoms with Crippen LogP contribution < -0.4 is 0 Å². The lowest BCUT2D eigenvalue weighted by molar-refractivity contribution is 0.0718. The first-order valence-corrected chi connectivity index (χ1v) is 8.80. The van der Waals surface area contributed by atoms with Crippen molar-refractivity contribution in [2.24, 2.45) is 0 Å². The van der Waals surface area contributed by atoms with Crippen LogP contribution in [0.25, 0.3) is 0 Å². The summed E-state index contributed by atoms with van der Waals surface area (Å²) in [5.74, 6) is -0.0165. The molecule has 0 aromatic carbocycles.